The predicted octanol–water partition coefficient (Wildman–Crippen LogP) is 2.20. The molecule has 0 radical (unpaired) electrons. The Kier molecular flexibility index (Phi) is 4.05. The van der Waals surface area contributed by atoms with Gasteiger partial charge in [0.25, 0.3) is 15.7 Å². The molecule has 2 rings (SSSR count). The van der Waals surface area contributed by atoms with Gasteiger partial charge in [0.2, 0.25) is 0 Å². The molecule has 1 aromatic rings. The zero-order chi connectivity index (χ0) is 16.5. The quantitative estimate of drug-likeness (QED) is 0.482. The molecule has 0 fully saturated rings. The fourth-order valence-corrected chi connectivity index (χ4v) is 2.94. The molecule has 0 spiro atoms. The lowest BCUT2D eigenvalue weighted by atomic mass is 9.98. The van der Waals surface area contributed by atoms with Crippen molar-refractivity contribution in [3.8, 4) is 0 Å². The minimum absolute atomic E-state index is 0.112. The first kappa shape index (κ1) is 15.8. The Bertz CT molecular complexity index is 839. The third-order valence-electron chi connectivity index (χ3n) is 3.00. The minimum Gasteiger partial charge on any atom is -0.289 e. The van der Waals surface area contributed by atoms with Crippen molar-refractivity contribution < 1.29 is 18.1 Å². The number of nitro groups is 1. The summed E-state index contributed by atoms with van der Waals surface area (Å²) in [6, 6.07) is 4.64. The fourth-order valence-electron chi connectivity index (χ4n) is 1.93. The van der Waals surface area contributed by atoms with Gasteiger partial charge in [-0.25, -0.2) is 0 Å². The third-order valence-corrected chi connectivity index (χ3v) is 4.30. The first-order valence-electron chi connectivity index (χ1n) is 6.21. The van der Waals surface area contributed by atoms with Gasteiger partial charge < -0.3 is 0 Å². The van der Waals surface area contributed by atoms with Crippen LogP contribution in [0.5, 0.6) is 0 Å². The summed E-state index contributed by atoms with van der Waals surface area (Å²) in [6.45, 7) is 3.13. The molecule has 0 saturated heterocycles. The first-order chi connectivity index (χ1) is 10.2. The molecule has 0 unspecified atom stereocenters. The molecule has 0 saturated carbocycles. The number of allylic oxidation sites excluding steroid dienone is 4. The molecule has 0 bridgehead atoms. The van der Waals surface area contributed by atoms with Crippen molar-refractivity contribution >= 4 is 27.2 Å². The van der Waals surface area contributed by atoms with Crippen LogP contribution in [0.3, 0.4) is 0 Å². The fraction of sp³-hybridized carbons (Fsp3) is 0.143. The number of carbonyl (C=O) groups is 1. The highest BCUT2D eigenvalue weighted by molar-refractivity contribution is 7.90. The van der Waals surface area contributed by atoms with Crippen molar-refractivity contribution in [1.29, 1.82) is 0 Å². The Morgan fingerprint density at radius 1 is 1.14 bits per heavy atom. The van der Waals surface area contributed by atoms with Gasteiger partial charge in [-0.3, -0.25) is 14.9 Å². The maximum absolute atomic E-state index is 12.2. The summed E-state index contributed by atoms with van der Waals surface area (Å²) in [6.07, 6.45) is 2.73. The number of non-ortho nitro benzene ring substituents is 1. The van der Waals surface area contributed by atoms with Crippen molar-refractivity contribution in [3.63, 3.8) is 0 Å². The maximum atomic E-state index is 12.2. The second kappa shape index (κ2) is 5.64. The molecule has 0 aromatic heterocycles. The van der Waals surface area contributed by atoms with Gasteiger partial charge in [0.05, 0.1) is 15.5 Å². The number of nitrogens with zero attached hydrogens (tertiary/aromatic N) is 2. The van der Waals surface area contributed by atoms with Crippen molar-refractivity contribution in [2.45, 2.75) is 18.7 Å². The normalized spacial score (nSPS) is 15.2. The van der Waals surface area contributed by atoms with Crippen LogP contribution in [0, 0.1) is 10.1 Å². The van der Waals surface area contributed by atoms with Crippen molar-refractivity contribution in [2.75, 3.05) is 0 Å². The van der Waals surface area contributed by atoms with Gasteiger partial charge >= 0.3 is 0 Å². The molecular formula is C14H12N2O5S. The van der Waals surface area contributed by atoms with Gasteiger partial charge in [-0.05, 0) is 43.2 Å². The summed E-state index contributed by atoms with van der Waals surface area (Å²) in [5, 5.41) is 10.7. The Labute approximate surface area is 126 Å². The van der Waals surface area contributed by atoms with Gasteiger partial charge in [0.1, 0.15) is 0 Å². The number of hydrogen-bond donors (Lipinski definition) is 0. The summed E-state index contributed by atoms with van der Waals surface area (Å²) in [5.74, 6) is -0.174. The van der Waals surface area contributed by atoms with Crippen LogP contribution in [0.25, 0.3) is 0 Å². The van der Waals surface area contributed by atoms with Crippen LogP contribution in [-0.4, -0.2) is 24.8 Å². The van der Waals surface area contributed by atoms with Crippen LogP contribution in [0.4, 0.5) is 5.69 Å². The molecule has 0 heterocycles. The van der Waals surface area contributed by atoms with E-state index >= 15 is 0 Å². The molecule has 22 heavy (non-hydrogen) atoms. The average molecular weight is 320 g/mol. The molecule has 0 aliphatic heterocycles. The van der Waals surface area contributed by atoms with Crippen molar-refractivity contribution in [2.24, 2.45) is 4.40 Å². The van der Waals surface area contributed by atoms with Gasteiger partial charge in [-0.2, -0.15) is 12.8 Å². The van der Waals surface area contributed by atoms with Gasteiger partial charge in [-0.1, -0.05) is 6.07 Å². The number of sulfonamides is 1. The molecular weight excluding hydrogens is 308 g/mol. The van der Waals surface area contributed by atoms with Crippen LogP contribution in [-0.2, 0) is 14.8 Å². The number of ketones is 1. The van der Waals surface area contributed by atoms with E-state index in [1.165, 1.54) is 30.4 Å². The molecule has 1 aromatic carbocycles. The summed E-state index contributed by atoms with van der Waals surface area (Å²) in [5.41, 5.74) is 0.542. The topological polar surface area (TPSA) is 107 Å². The van der Waals surface area contributed by atoms with Crippen LogP contribution in [0.2, 0.25) is 0 Å². The highest BCUT2D eigenvalue weighted by Crippen LogP contribution is 2.20. The van der Waals surface area contributed by atoms with Crippen molar-refractivity contribution in [1.82, 2.24) is 0 Å². The number of Topliss-reactive ketones (excluding diaryl/α,β-unsaturated/α-hetero) is 1. The van der Waals surface area contributed by atoms with Gasteiger partial charge in [0, 0.05) is 12.1 Å². The standard InChI is InChI=1S/C14H12N2O5S/c1-9-6-11(7-10(2)14(9)17)15-22(20,21)13-5-3-4-12(8-13)16(18)19/h3-8H,1-2H3. The number of benzene rings is 1. The zero-order valence-corrected chi connectivity index (χ0v) is 12.6. The molecule has 8 heteroatoms. The average Bonchev–Trinajstić information content (AvgIpc) is 2.44. The maximum Gasteiger partial charge on any atom is 0.283 e. The number of rotatable bonds is 3. The van der Waals surface area contributed by atoms with E-state index in [0.717, 1.165) is 6.07 Å². The van der Waals surface area contributed by atoms with E-state index in [0.29, 0.717) is 11.1 Å². The molecule has 114 valence electrons. The molecule has 0 atom stereocenters. The molecule has 0 amide bonds. The van der Waals surface area contributed by atoms with Crippen LogP contribution in [0.1, 0.15) is 13.8 Å². The largest absolute Gasteiger partial charge is 0.289 e. The first-order valence-corrected chi connectivity index (χ1v) is 7.65. The molecule has 1 aliphatic carbocycles. The number of nitro benzene ring substituents is 1. The Balaban J connectivity index is 2.48. The SMILES string of the molecule is CC1=CC(=NS(=O)(=O)c2cccc([N+](=O)[O-])c2)C=C(C)C1=O. The lowest BCUT2D eigenvalue weighted by Crippen LogP contribution is -2.12. The van der Waals surface area contributed by atoms with Crippen LogP contribution >= 0.6 is 0 Å². The van der Waals surface area contributed by atoms with Gasteiger partial charge in [-0.15, -0.1) is 0 Å². The Hall–Kier alpha value is -2.61. The zero-order valence-electron chi connectivity index (χ0n) is 11.8. The predicted molar refractivity (Wildman–Crippen MR) is 80.2 cm³/mol. The van der Waals surface area contributed by atoms with Crippen molar-refractivity contribution in [3.05, 3.63) is 57.7 Å². The van der Waals surface area contributed by atoms with E-state index in [4.69, 9.17) is 0 Å². The molecule has 1 aliphatic rings. The smallest absolute Gasteiger partial charge is 0.283 e. The van der Waals surface area contributed by atoms with E-state index < -0.39 is 14.9 Å². The minimum atomic E-state index is -4.10. The second-order valence-corrected chi connectivity index (χ2v) is 6.33. The van der Waals surface area contributed by atoms with E-state index in [1.54, 1.807) is 13.8 Å². The number of hydrogen-bond acceptors (Lipinski definition) is 5. The molecule has 0 N–H and O–H groups in total. The van der Waals surface area contributed by atoms with Crippen LogP contribution < -0.4 is 0 Å². The van der Waals surface area contributed by atoms with E-state index in [2.05, 4.69) is 4.40 Å². The lowest BCUT2D eigenvalue weighted by Gasteiger charge is -2.08. The monoisotopic (exact) mass is 320 g/mol. The Morgan fingerprint density at radius 3 is 2.27 bits per heavy atom. The number of carbonyl (C=O) groups excluding carboxylic acids is 1. The van der Waals surface area contributed by atoms with E-state index in [9.17, 15) is 23.3 Å². The highest BCUT2D eigenvalue weighted by Gasteiger charge is 2.19. The van der Waals surface area contributed by atoms with E-state index in [1.807, 2.05) is 0 Å². The summed E-state index contributed by atoms with van der Waals surface area (Å²) in [4.78, 5) is 21.4. The molecule has 7 nitrogen and oxygen atoms in total. The van der Waals surface area contributed by atoms with Gasteiger partial charge in [0.15, 0.2) is 5.78 Å². The summed E-state index contributed by atoms with van der Waals surface area (Å²) in [7, 11) is -4.10. The third kappa shape index (κ3) is 3.17. The van der Waals surface area contributed by atoms with E-state index in [-0.39, 0.29) is 22.1 Å². The Morgan fingerprint density at radius 2 is 1.73 bits per heavy atom. The van der Waals surface area contributed by atoms with Crippen LogP contribution in [0.15, 0.2) is 56.9 Å². The second-order valence-electron chi connectivity index (χ2n) is 4.73. The summed E-state index contributed by atoms with van der Waals surface area (Å²) < 4.78 is 28.1. The summed E-state index contributed by atoms with van der Waals surface area (Å²) >= 11 is 0. The lowest BCUT2D eigenvalue weighted by molar-refractivity contribution is -0.385. The highest BCUT2D eigenvalue weighted by atomic mass is 32.2.